The lowest BCUT2D eigenvalue weighted by atomic mass is 10.1. The van der Waals surface area contributed by atoms with Gasteiger partial charge in [0.15, 0.2) is 0 Å². The van der Waals surface area contributed by atoms with Crippen LogP contribution in [0.3, 0.4) is 0 Å². The normalized spacial score (nSPS) is 28.2. The maximum Gasteiger partial charge on any atom is 0.0166 e. The van der Waals surface area contributed by atoms with E-state index in [0.29, 0.717) is 6.04 Å². The van der Waals surface area contributed by atoms with Gasteiger partial charge in [-0.1, -0.05) is 36.8 Å². The van der Waals surface area contributed by atoms with Gasteiger partial charge in [-0.05, 0) is 63.2 Å². The highest BCUT2D eigenvalue weighted by atomic mass is 15.1. The first-order chi connectivity index (χ1) is 9.83. The van der Waals surface area contributed by atoms with E-state index < -0.39 is 0 Å². The molecule has 1 aliphatic heterocycles. The van der Waals surface area contributed by atoms with Crippen LogP contribution in [0.4, 0.5) is 0 Å². The second kappa shape index (κ2) is 6.73. The van der Waals surface area contributed by atoms with E-state index in [9.17, 15) is 0 Å². The van der Waals surface area contributed by atoms with Crippen molar-refractivity contribution >= 4 is 0 Å². The lowest BCUT2D eigenvalue weighted by molar-refractivity contribution is 0.209. The Morgan fingerprint density at radius 2 is 1.90 bits per heavy atom. The topological polar surface area (TPSA) is 15.3 Å². The quantitative estimate of drug-likeness (QED) is 0.855. The molecule has 2 nitrogen and oxygen atoms in total. The SMILES string of the molecule is CC(CN1CCCCC1)NCC1CC1c1ccccc1. The van der Waals surface area contributed by atoms with Crippen molar-refractivity contribution in [2.24, 2.45) is 5.92 Å². The smallest absolute Gasteiger partial charge is 0.0166 e. The van der Waals surface area contributed by atoms with Gasteiger partial charge >= 0.3 is 0 Å². The van der Waals surface area contributed by atoms with E-state index >= 15 is 0 Å². The Morgan fingerprint density at radius 3 is 2.65 bits per heavy atom. The number of nitrogens with zero attached hydrogens (tertiary/aromatic N) is 1. The van der Waals surface area contributed by atoms with Gasteiger partial charge in [0.2, 0.25) is 0 Å². The third-order valence-corrected chi connectivity index (χ3v) is 4.86. The first-order valence-corrected chi connectivity index (χ1v) is 8.33. The van der Waals surface area contributed by atoms with Crippen LogP contribution >= 0.6 is 0 Å². The Labute approximate surface area is 123 Å². The molecular weight excluding hydrogens is 244 g/mol. The molecule has 20 heavy (non-hydrogen) atoms. The van der Waals surface area contributed by atoms with Gasteiger partial charge in [0.1, 0.15) is 0 Å². The molecule has 0 amide bonds. The zero-order valence-corrected chi connectivity index (χ0v) is 12.7. The highest BCUT2D eigenvalue weighted by Crippen LogP contribution is 2.46. The summed E-state index contributed by atoms with van der Waals surface area (Å²) in [6.45, 7) is 7.37. The molecule has 2 aliphatic rings. The molecule has 0 aromatic heterocycles. The lowest BCUT2D eigenvalue weighted by Crippen LogP contribution is -2.42. The molecule has 1 N–H and O–H groups in total. The minimum Gasteiger partial charge on any atom is -0.313 e. The first-order valence-electron chi connectivity index (χ1n) is 8.33. The molecule has 0 spiro atoms. The summed E-state index contributed by atoms with van der Waals surface area (Å²) < 4.78 is 0. The van der Waals surface area contributed by atoms with E-state index in [0.717, 1.165) is 11.8 Å². The molecule has 0 radical (unpaired) electrons. The standard InChI is InChI=1S/C18H28N2/c1-15(14-20-10-6-3-7-11-20)19-13-17-12-18(17)16-8-4-2-5-9-16/h2,4-5,8-9,15,17-19H,3,6-7,10-14H2,1H3. The van der Waals surface area contributed by atoms with Gasteiger partial charge in [-0.2, -0.15) is 0 Å². The Kier molecular flexibility index (Phi) is 4.74. The van der Waals surface area contributed by atoms with Crippen molar-refractivity contribution in [2.45, 2.75) is 44.6 Å². The third kappa shape index (κ3) is 3.83. The van der Waals surface area contributed by atoms with Gasteiger partial charge in [-0.25, -0.2) is 0 Å². The lowest BCUT2D eigenvalue weighted by Gasteiger charge is -2.29. The zero-order chi connectivity index (χ0) is 13.8. The van der Waals surface area contributed by atoms with Gasteiger partial charge < -0.3 is 10.2 Å². The van der Waals surface area contributed by atoms with E-state index in [2.05, 4.69) is 47.5 Å². The van der Waals surface area contributed by atoms with Crippen LogP contribution in [0.2, 0.25) is 0 Å². The maximum absolute atomic E-state index is 3.75. The molecule has 0 bridgehead atoms. The van der Waals surface area contributed by atoms with E-state index in [1.807, 2.05) is 0 Å². The average Bonchev–Trinajstić information content (AvgIpc) is 3.27. The number of hydrogen-bond acceptors (Lipinski definition) is 2. The summed E-state index contributed by atoms with van der Waals surface area (Å²) >= 11 is 0. The van der Waals surface area contributed by atoms with Crippen molar-refractivity contribution in [3.8, 4) is 0 Å². The van der Waals surface area contributed by atoms with E-state index in [-0.39, 0.29) is 0 Å². The molecule has 1 heterocycles. The van der Waals surface area contributed by atoms with Crippen molar-refractivity contribution in [2.75, 3.05) is 26.2 Å². The molecule has 1 saturated carbocycles. The van der Waals surface area contributed by atoms with Crippen molar-refractivity contribution in [3.05, 3.63) is 35.9 Å². The summed E-state index contributed by atoms with van der Waals surface area (Å²) in [7, 11) is 0. The molecule has 2 fully saturated rings. The van der Waals surface area contributed by atoms with Crippen LogP contribution < -0.4 is 5.32 Å². The van der Waals surface area contributed by atoms with Crippen molar-refractivity contribution < 1.29 is 0 Å². The fourth-order valence-electron chi connectivity index (χ4n) is 3.53. The second-order valence-corrected chi connectivity index (χ2v) is 6.68. The molecule has 2 heteroatoms. The highest BCUT2D eigenvalue weighted by molar-refractivity contribution is 5.25. The largest absolute Gasteiger partial charge is 0.313 e. The number of piperidine rings is 1. The summed E-state index contributed by atoms with van der Waals surface area (Å²) in [4.78, 5) is 2.63. The van der Waals surface area contributed by atoms with Crippen LogP contribution in [-0.2, 0) is 0 Å². The Hall–Kier alpha value is -0.860. The van der Waals surface area contributed by atoms with Gasteiger partial charge in [-0.3, -0.25) is 0 Å². The van der Waals surface area contributed by atoms with Crippen molar-refractivity contribution in [1.29, 1.82) is 0 Å². The Balaban J connectivity index is 1.36. The van der Waals surface area contributed by atoms with E-state index in [4.69, 9.17) is 0 Å². The summed E-state index contributed by atoms with van der Waals surface area (Å²) in [5.74, 6) is 1.67. The molecular formula is C18H28N2. The molecule has 3 atom stereocenters. The van der Waals surface area contributed by atoms with Crippen LogP contribution in [-0.4, -0.2) is 37.1 Å². The maximum atomic E-state index is 3.75. The number of likely N-dealkylation sites (tertiary alicyclic amines) is 1. The fraction of sp³-hybridized carbons (Fsp3) is 0.667. The molecule has 1 aromatic carbocycles. The fourth-order valence-corrected chi connectivity index (χ4v) is 3.53. The van der Waals surface area contributed by atoms with E-state index in [1.54, 1.807) is 0 Å². The number of rotatable bonds is 6. The summed E-state index contributed by atoms with van der Waals surface area (Å²) in [6.07, 6.45) is 5.59. The van der Waals surface area contributed by atoms with Gasteiger partial charge in [0.05, 0.1) is 0 Å². The summed E-state index contributed by atoms with van der Waals surface area (Å²) in [5.41, 5.74) is 1.53. The van der Waals surface area contributed by atoms with Crippen LogP contribution in [0.5, 0.6) is 0 Å². The molecule has 1 saturated heterocycles. The van der Waals surface area contributed by atoms with Crippen LogP contribution in [0.1, 0.15) is 44.1 Å². The van der Waals surface area contributed by atoms with E-state index in [1.165, 1.54) is 57.4 Å². The van der Waals surface area contributed by atoms with Crippen LogP contribution in [0.15, 0.2) is 30.3 Å². The minimum absolute atomic E-state index is 0.630. The average molecular weight is 272 g/mol. The zero-order valence-electron chi connectivity index (χ0n) is 12.7. The monoisotopic (exact) mass is 272 g/mol. The van der Waals surface area contributed by atoms with Gasteiger partial charge in [0.25, 0.3) is 0 Å². The molecule has 1 aliphatic carbocycles. The summed E-state index contributed by atoms with van der Waals surface area (Å²) in [6, 6.07) is 11.6. The molecule has 3 unspecified atom stereocenters. The summed E-state index contributed by atoms with van der Waals surface area (Å²) in [5, 5.41) is 3.75. The Bertz CT molecular complexity index is 397. The molecule has 1 aromatic rings. The number of nitrogens with one attached hydrogen (secondary N) is 1. The predicted molar refractivity (Wildman–Crippen MR) is 85.0 cm³/mol. The number of hydrogen-bond donors (Lipinski definition) is 1. The second-order valence-electron chi connectivity index (χ2n) is 6.68. The molecule has 3 rings (SSSR count). The number of benzene rings is 1. The van der Waals surface area contributed by atoms with Crippen molar-refractivity contribution in [1.82, 2.24) is 10.2 Å². The van der Waals surface area contributed by atoms with Gasteiger partial charge in [-0.15, -0.1) is 0 Å². The Morgan fingerprint density at radius 1 is 1.15 bits per heavy atom. The minimum atomic E-state index is 0.630. The van der Waals surface area contributed by atoms with Gasteiger partial charge in [0, 0.05) is 12.6 Å². The first kappa shape index (κ1) is 14.1. The van der Waals surface area contributed by atoms with Crippen LogP contribution in [0, 0.1) is 5.92 Å². The predicted octanol–water partition coefficient (Wildman–Crippen LogP) is 3.25. The molecule has 110 valence electrons. The van der Waals surface area contributed by atoms with Crippen molar-refractivity contribution in [3.63, 3.8) is 0 Å². The highest BCUT2D eigenvalue weighted by Gasteiger charge is 2.37. The van der Waals surface area contributed by atoms with Crippen LogP contribution in [0.25, 0.3) is 0 Å². The third-order valence-electron chi connectivity index (χ3n) is 4.86.